The van der Waals surface area contributed by atoms with Crippen molar-refractivity contribution in [2.45, 2.75) is 19.4 Å². The van der Waals surface area contributed by atoms with Crippen LogP contribution in [-0.4, -0.2) is 26.2 Å². The SMILES string of the molecule is Cc1ccc(-n2c(O)c(C3NCCc4c3[nH]c3ccccc43)c(=O)[nH]c2=S)cc1. The Labute approximate surface area is 171 Å². The van der Waals surface area contributed by atoms with Gasteiger partial charge in [0.15, 0.2) is 4.77 Å². The molecule has 0 bridgehead atoms. The zero-order valence-electron chi connectivity index (χ0n) is 15.8. The van der Waals surface area contributed by atoms with Crippen LogP contribution in [0.4, 0.5) is 0 Å². The van der Waals surface area contributed by atoms with Gasteiger partial charge in [-0.3, -0.25) is 14.3 Å². The van der Waals surface area contributed by atoms with Crippen LogP contribution in [0.5, 0.6) is 5.88 Å². The highest BCUT2D eigenvalue weighted by atomic mass is 32.1. The molecule has 0 saturated carbocycles. The minimum atomic E-state index is -0.456. The first-order chi connectivity index (χ1) is 14.0. The van der Waals surface area contributed by atoms with Gasteiger partial charge >= 0.3 is 0 Å². The molecule has 0 aliphatic carbocycles. The van der Waals surface area contributed by atoms with Gasteiger partial charge in [0.1, 0.15) is 5.56 Å². The number of aromatic hydroxyl groups is 1. The highest BCUT2D eigenvalue weighted by Crippen LogP contribution is 2.35. The Kier molecular flexibility index (Phi) is 4.15. The zero-order chi connectivity index (χ0) is 20.1. The van der Waals surface area contributed by atoms with E-state index in [-0.39, 0.29) is 21.8 Å². The Morgan fingerprint density at radius 2 is 1.86 bits per heavy atom. The largest absolute Gasteiger partial charge is 0.494 e. The predicted molar refractivity (Wildman–Crippen MR) is 115 cm³/mol. The van der Waals surface area contributed by atoms with Gasteiger partial charge in [-0.05, 0) is 49.3 Å². The maximum absolute atomic E-state index is 12.9. The number of rotatable bonds is 2. The fraction of sp³-hybridized carbons (Fsp3) is 0.182. The summed E-state index contributed by atoms with van der Waals surface area (Å²) >= 11 is 5.35. The average Bonchev–Trinajstić information content (AvgIpc) is 3.09. The molecule has 3 heterocycles. The number of hydrogen-bond acceptors (Lipinski definition) is 4. The van der Waals surface area contributed by atoms with Gasteiger partial charge in [-0.25, -0.2) is 0 Å². The second-order valence-electron chi connectivity index (χ2n) is 7.37. The maximum Gasteiger partial charge on any atom is 0.260 e. The van der Waals surface area contributed by atoms with Crippen LogP contribution >= 0.6 is 12.2 Å². The summed E-state index contributed by atoms with van der Waals surface area (Å²) in [6, 6.07) is 15.3. The van der Waals surface area contributed by atoms with E-state index in [1.54, 1.807) is 0 Å². The van der Waals surface area contributed by atoms with E-state index in [0.717, 1.165) is 28.6 Å². The molecule has 0 amide bonds. The zero-order valence-corrected chi connectivity index (χ0v) is 16.6. The lowest BCUT2D eigenvalue weighted by molar-refractivity contribution is 0.412. The molecule has 2 aromatic heterocycles. The molecule has 1 unspecified atom stereocenters. The van der Waals surface area contributed by atoms with E-state index < -0.39 is 6.04 Å². The first-order valence-corrected chi connectivity index (χ1v) is 9.93. The van der Waals surface area contributed by atoms with Gasteiger partial charge < -0.3 is 15.4 Å². The highest BCUT2D eigenvalue weighted by Gasteiger charge is 2.30. The summed E-state index contributed by atoms with van der Waals surface area (Å²) in [5, 5.41) is 15.7. The number of H-pyrrole nitrogens is 2. The van der Waals surface area contributed by atoms with E-state index in [9.17, 15) is 9.90 Å². The second kappa shape index (κ2) is 6.72. The van der Waals surface area contributed by atoms with E-state index >= 15 is 0 Å². The molecular weight excluding hydrogens is 384 g/mol. The summed E-state index contributed by atoms with van der Waals surface area (Å²) in [6.07, 6.45) is 0.853. The second-order valence-corrected chi connectivity index (χ2v) is 7.75. The fourth-order valence-electron chi connectivity index (χ4n) is 4.16. The van der Waals surface area contributed by atoms with Crippen molar-refractivity contribution in [3.63, 3.8) is 0 Å². The van der Waals surface area contributed by atoms with Crippen molar-refractivity contribution in [2.75, 3.05) is 6.54 Å². The molecule has 0 fully saturated rings. The number of benzene rings is 2. The number of hydrogen-bond donors (Lipinski definition) is 4. The summed E-state index contributed by atoms with van der Waals surface area (Å²) in [6.45, 7) is 2.70. The van der Waals surface area contributed by atoms with Crippen molar-refractivity contribution < 1.29 is 5.11 Å². The molecule has 146 valence electrons. The van der Waals surface area contributed by atoms with Gasteiger partial charge in [0.2, 0.25) is 5.88 Å². The Balaban J connectivity index is 1.74. The van der Waals surface area contributed by atoms with Crippen LogP contribution in [0.2, 0.25) is 0 Å². The molecule has 2 aromatic carbocycles. The lowest BCUT2D eigenvalue weighted by atomic mass is 9.95. The molecule has 7 heteroatoms. The third-order valence-electron chi connectivity index (χ3n) is 5.56. The van der Waals surface area contributed by atoms with Gasteiger partial charge in [0.25, 0.3) is 5.56 Å². The Bertz CT molecular complexity index is 1350. The monoisotopic (exact) mass is 404 g/mol. The van der Waals surface area contributed by atoms with E-state index in [1.807, 2.05) is 49.4 Å². The maximum atomic E-state index is 12.9. The van der Waals surface area contributed by atoms with Crippen LogP contribution in [0.15, 0.2) is 53.3 Å². The quantitative estimate of drug-likeness (QED) is 0.385. The van der Waals surface area contributed by atoms with Crippen molar-refractivity contribution in [3.8, 4) is 11.6 Å². The summed E-state index contributed by atoms with van der Waals surface area (Å²) in [4.78, 5) is 19.0. The molecule has 0 spiro atoms. The number of aromatic nitrogens is 3. The number of fused-ring (bicyclic) bond motifs is 3. The molecule has 5 rings (SSSR count). The third-order valence-corrected chi connectivity index (χ3v) is 5.85. The Morgan fingerprint density at radius 3 is 2.66 bits per heavy atom. The summed E-state index contributed by atoms with van der Waals surface area (Å²) in [5.41, 5.74) is 4.77. The van der Waals surface area contributed by atoms with Crippen molar-refractivity contribution in [2.24, 2.45) is 0 Å². The minimum Gasteiger partial charge on any atom is -0.494 e. The Hall–Kier alpha value is -3.16. The van der Waals surface area contributed by atoms with Gasteiger partial charge in [-0.15, -0.1) is 0 Å². The molecule has 29 heavy (non-hydrogen) atoms. The van der Waals surface area contributed by atoms with Gasteiger partial charge in [0.05, 0.1) is 11.7 Å². The fourth-order valence-corrected chi connectivity index (χ4v) is 4.44. The molecule has 4 aromatic rings. The summed E-state index contributed by atoms with van der Waals surface area (Å²) in [7, 11) is 0. The summed E-state index contributed by atoms with van der Waals surface area (Å²) < 4.78 is 1.66. The number of aryl methyl sites for hydroxylation is 1. The van der Waals surface area contributed by atoms with E-state index in [2.05, 4.69) is 21.4 Å². The van der Waals surface area contributed by atoms with Crippen LogP contribution in [0.25, 0.3) is 16.6 Å². The minimum absolute atomic E-state index is 0.147. The van der Waals surface area contributed by atoms with Crippen LogP contribution in [0, 0.1) is 11.7 Å². The molecular formula is C22H20N4O2S. The molecule has 0 radical (unpaired) electrons. The van der Waals surface area contributed by atoms with E-state index in [1.165, 1.54) is 10.1 Å². The molecule has 1 aliphatic rings. The highest BCUT2D eigenvalue weighted by molar-refractivity contribution is 7.71. The average molecular weight is 404 g/mol. The number of nitrogens with one attached hydrogen (secondary N) is 3. The van der Waals surface area contributed by atoms with E-state index in [4.69, 9.17) is 12.2 Å². The smallest absolute Gasteiger partial charge is 0.260 e. The first kappa shape index (κ1) is 17.9. The molecule has 4 N–H and O–H groups in total. The third kappa shape index (κ3) is 2.82. The first-order valence-electron chi connectivity index (χ1n) is 9.52. The van der Waals surface area contributed by atoms with Crippen LogP contribution < -0.4 is 10.9 Å². The number of aromatic amines is 2. The van der Waals surface area contributed by atoms with Crippen LogP contribution in [0.3, 0.4) is 0 Å². The lowest BCUT2D eigenvalue weighted by Crippen LogP contribution is -2.35. The van der Waals surface area contributed by atoms with Crippen molar-refractivity contribution in [1.82, 2.24) is 19.9 Å². The van der Waals surface area contributed by atoms with E-state index in [0.29, 0.717) is 12.2 Å². The topological polar surface area (TPSA) is 85.8 Å². The van der Waals surface area contributed by atoms with Gasteiger partial charge in [0, 0.05) is 23.1 Å². The lowest BCUT2D eigenvalue weighted by Gasteiger charge is -2.25. The molecule has 6 nitrogen and oxygen atoms in total. The number of para-hydroxylation sites is 1. The normalized spacial score (nSPS) is 16.1. The van der Waals surface area contributed by atoms with Crippen molar-refractivity contribution in [1.29, 1.82) is 0 Å². The summed E-state index contributed by atoms with van der Waals surface area (Å²) in [5.74, 6) is -0.147. The van der Waals surface area contributed by atoms with Crippen LogP contribution in [0.1, 0.15) is 28.4 Å². The number of nitrogens with zero attached hydrogens (tertiary/aromatic N) is 1. The van der Waals surface area contributed by atoms with Crippen LogP contribution in [-0.2, 0) is 6.42 Å². The van der Waals surface area contributed by atoms with Crippen molar-refractivity contribution in [3.05, 3.63) is 86.0 Å². The molecule has 0 saturated heterocycles. The van der Waals surface area contributed by atoms with Gasteiger partial charge in [-0.1, -0.05) is 35.9 Å². The predicted octanol–water partition coefficient (Wildman–Crippen LogP) is 3.63. The standard InChI is InChI=1S/C22H20N4O2S/c1-12-6-8-13(9-7-12)26-21(28)17(20(27)25-22(26)29)19-18-15(10-11-23-19)14-4-2-3-5-16(14)24-18/h2-9,19,23-24,28H,10-11H2,1H3,(H,25,27,29). The Morgan fingerprint density at radius 1 is 1.10 bits per heavy atom. The van der Waals surface area contributed by atoms with Gasteiger partial charge in [-0.2, -0.15) is 0 Å². The molecule has 1 atom stereocenters. The molecule has 1 aliphatic heterocycles. The van der Waals surface area contributed by atoms with Crippen molar-refractivity contribution >= 4 is 23.1 Å².